The second-order valence-electron chi connectivity index (χ2n) is 11.0. The third kappa shape index (κ3) is 7.98. The second kappa shape index (κ2) is 14.8. The molecule has 1 atom stereocenters. The number of halogens is 2. The average molecular weight is 640 g/mol. The fraction of sp³-hybridized carbons (Fsp3) is 0.412. The van der Waals surface area contributed by atoms with Gasteiger partial charge in [0.05, 0.1) is 24.5 Å². The lowest BCUT2D eigenvalue weighted by atomic mass is 9.93. The van der Waals surface area contributed by atoms with Gasteiger partial charge in [-0.3, -0.25) is 4.90 Å². The molecule has 224 valence electrons. The van der Waals surface area contributed by atoms with Crippen molar-refractivity contribution in [1.82, 2.24) is 4.90 Å². The minimum absolute atomic E-state index is 0.0291. The third-order valence-corrected chi connectivity index (χ3v) is 8.65. The van der Waals surface area contributed by atoms with Gasteiger partial charge < -0.3 is 15.2 Å². The van der Waals surface area contributed by atoms with E-state index in [4.69, 9.17) is 15.2 Å². The molecule has 4 rings (SSSR count). The minimum Gasteiger partial charge on any atom is -0.463 e. The van der Waals surface area contributed by atoms with Crippen LogP contribution < -0.4 is 5.73 Å². The van der Waals surface area contributed by atoms with Crippen LogP contribution in [0.3, 0.4) is 0 Å². The first-order valence-corrected chi connectivity index (χ1v) is 15.5. The summed E-state index contributed by atoms with van der Waals surface area (Å²) >= 11 is 3.49. The molecule has 8 heteroatoms. The zero-order valence-electron chi connectivity index (χ0n) is 24.4. The Kier molecular flexibility index (Phi) is 11.2. The van der Waals surface area contributed by atoms with Gasteiger partial charge in [-0.1, -0.05) is 80.8 Å². The maximum Gasteiger partial charge on any atom is 0.348 e. The SMILES string of the molecule is CCN(Cc1cc(C(=O)OCCCOC(=O)C(C)(F)c2ccc(-c3ccccc3)cc2)cc(Br)c1N)C1CCCCC1. The summed E-state index contributed by atoms with van der Waals surface area (Å²) in [4.78, 5) is 27.8. The predicted molar refractivity (Wildman–Crippen MR) is 168 cm³/mol. The molecular formula is C34H40BrFN2O4. The van der Waals surface area contributed by atoms with Crippen LogP contribution >= 0.6 is 15.9 Å². The smallest absolute Gasteiger partial charge is 0.348 e. The number of benzene rings is 3. The van der Waals surface area contributed by atoms with Gasteiger partial charge in [0.2, 0.25) is 5.67 Å². The van der Waals surface area contributed by atoms with Crippen molar-refractivity contribution in [3.63, 3.8) is 0 Å². The monoisotopic (exact) mass is 638 g/mol. The van der Waals surface area contributed by atoms with E-state index in [9.17, 15) is 9.59 Å². The number of rotatable bonds is 12. The summed E-state index contributed by atoms with van der Waals surface area (Å²) in [6.07, 6.45) is 6.39. The number of nitrogens with two attached hydrogens (primary N) is 1. The third-order valence-electron chi connectivity index (χ3n) is 7.99. The standard InChI is InChI=1S/C34H40BrFN2O4/c1-3-38(29-13-8-5-9-14-29)23-27-21-26(22-30(35)31(27)37)32(39)41-19-10-20-42-33(40)34(2,36)28-17-15-25(16-18-28)24-11-6-4-7-12-24/h4,6-7,11-12,15-18,21-22,29H,3,5,8-10,13-14,19-20,23,37H2,1-2H3. The van der Waals surface area contributed by atoms with E-state index in [1.54, 1.807) is 36.4 Å². The first kappa shape index (κ1) is 31.7. The summed E-state index contributed by atoms with van der Waals surface area (Å²) in [6, 6.07) is 20.5. The Morgan fingerprint density at radius 2 is 1.62 bits per heavy atom. The predicted octanol–water partition coefficient (Wildman–Crippen LogP) is 7.83. The molecule has 1 unspecified atom stereocenters. The maximum absolute atomic E-state index is 15.4. The second-order valence-corrected chi connectivity index (χ2v) is 11.8. The average Bonchev–Trinajstić information content (AvgIpc) is 3.02. The molecule has 0 heterocycles. The van der Waals surface area contributed by atoms with Crippen molar-refractivity contribution in [3.8, 4) is 11.1 Å². The fourth-order valence-electron chi connectivity index (χ4n) is 5.42. The first-order chi connectivity index (χ1) is 20.2. The number of alkyl halides is 1. The Morgan fingerprint density at radius 3 is 2.29 bits per heavy atom. The molecule has 0 spiro atoms. The number of nitrogens with zero attached hydrogens (tertiary/aromatic N) is 1. The van der Waals surface area contributed by atoms with Crippen LogP contribution in [-0.2, 0) is 26.5 Å². The van der Waals surface area contributed by atoms with Gasteiger partial charge in [-0.25, -0.2) is 14.0 Å². The fourth-order valence-corrected chi connectivity index (χ4v) is 5.92. The summed E-state index contributed by atoms with van der Waals surface area (Å²) in [6.45, 7) is 4.87. The van der Waals surface area contributed by atoms with Crippen LogP contribution in [-0.4, -0.2) is 42.6 Å². The highest BCUT2D eigenvalue weighted by Crippen LogP contribution is 2.31. The number of hydrogen-bond acceptors (Lipinski definition) is 6. The molecule has 6 nitrogen and oxygen atoms in total. The summed E-state index contributed by atoms with van der Waals surface area (Å²) < 4.78 is 26.7. The van der Waals surface area contributed by atoms with Gasteiger partial charge in [0.25, 0.3) is 0 Å². The van der Waals surface area contributed by atoms with Gasteiger partial charge in [0.1, 0.15) is 0 Å². The van der Waals surface area contributed by atoms with Crippen LogP contribution in [0.5, 0.6) is 0 Å². The molecule has 0 radical (unpaired) electrons. The van der Waals surface area contributed by atoms with Gasteiger partial charge >= 0.3 is 11.9 Å². The van der Waals surface area contributed by atoms with Crippen molar-refractivity contribution in [2.75, 3.05) is 25.5 Å². The highest BCUT2D eigenvalue weighted by molar-refractivity contribution is 9.10. The number of carbonyl (C=O) groups excluding carboxylic acids is 2. The lowest BCUT2D eigenvalue weighted by Gasteiger charge is -2.34. The highest BCUT2D eigenvalue weighted by Gasteiger charge is 2.37. The van der Waals surface area contributed by atoms with Crippen LogP contribution in [0, 0.1) is 0 Å². The molecule has 0 aromatic heterocycles. The number of anilines is 1. The zero-order chi connectivity index (χ0) is 30.1. The Bertz CT molecular complexity index is 1340. The molecule has 1 saturated carbocycles. The Morgan fingerprint density at radius 1 is 0.976 bits per heavy atom. The van der Waals surface area contributed by atoms with Crippen LogP contribution in [0.1, 0.15) is 73.9 Å². The van der Waals surface area contributed by atoms with Crippen molar-refractivity contribution >= 4 is 33.6 Å². The summed E-state index contributed by atoms with van der Waals surface area (Å²) in [7, 11) is 0. The molecule has 3 aromatic carbocycles. The highest BCUT2D eigenvalue weighted by atomic mass is 79.9. The molecule has 1 aliphatic rings. The minimum atomic E-state index is -2.30. The van der Waals surface area contributed by atoms with Crippen molar-refractivity contribution in [3.05, 3.63) is 87.9 Å². The van der Waals surface area contributed by atoms with Crippen LogP contribution in [0.25, 0.3) is 11.1 Å². The normalized spacial score (nSPS) is 15.3. The van der Waals surface area contributed by atoms with E-state index in [2.05, 4.69) is 27.8 Å². The lowest BCUT2D eigenvalue weighted by molar-refractivity contribution is -0.157. The van der Waals surface area contributed by atoms with E-state index in [1.807, 2.05) is 30.3 Å². The van der Waals surface area contributed by atoms with Crippen molar-refractivity contribution < 1.29 is 23.5 Å². The van der Waals surface area contributed by atoms with Gasteiger partial charge in [0.15, 0.2) is 0 Å². The van der Waals surface area contributed by atoms with Gasteiger partial charge in [-0.2, -0.15) is 0 Å². The van der Waals surface area contributed by atoms with Gasteiger partial charge in [-0.15, -0.1) is 0 Å². The van der Waals surface area contributed by atoms with Crippen LogP contribution in [0.4, 0.5) is 10.1 Å². The zero-order valence-corrected chi connectivity index (χ0v) is 26.0. The quantitative estimate of drug-likeness (QED) is 0.124. The summed E-state index contributed by atoms with van der Waals surface area (Å²) in [5.74, 6) is -1.47. The Balaban J connectivity index is 1.26. The molecule has 0 aliphatic heterocycles. The molecule has 0 amide bonds. The van der Waals surface area contributed by atoms with E-state index in [-0.39, 0.29) is 25.2 Å². The maximum atomic E-state index is 15.4. The molecule has 0 saturated heterocycles. The summed E-state index contributed by atoms with van der Waals surface area (Å²) in [5, 5.41) is 0. The van der Waals surface area contributed by atoms with Crippen molar-refractivity contribution in [1.29, 1.82) is 0 Å². The molecule has 42 heavy (non-hydrogen) atoms. The van der Waals surface area contributed by atoms with E-state index < -0.39 is 17.6 Å². The van der Waals surface area contributed by atoms with Crippen LogP contribution in [0.15, 0.2) is 71.2 Å². The number of esters is 2. The number of carbonyl (C=O) groups is 2. The van der Waals surface area contributed by atoms with E-state index >= 15 is 4.39 Å². The van der Waals surface area contributed by atoms with E-state index in [0.717, 1.165) is 23.2 Å². The van der Waals surface area contributed by atoms with Crippen LogP contribution in [0.2, 0.25) is 0 Å². The van der Waals surface area contributed by atoms with E-state index in [1.165, 1.54) is 39.0 Å². The topological polar surface area (TPSA) is 81.9 Å². The van der Waals surface area contributed by atoms with Gasteiger partial charge in [0, 0.05) is 29.0 Å². The molecule has 1 aliphatic carbocycles. The molecular weight excluding hydrogens is 599 g/mol. The molecule has 1 fully saturated rings. The van der Waals surface area contributed by atoms with Gasteiger partial charge in [-0.05, 0) is 71.1 Å². The number of hydrogen-bond donors (Lipinski definition) is 1. The van der Waals surface area contributed by atoms with Crippen molar-refractivity contribution in [2.24, 2.45) is 0 Å². The molecule has 0 bridgehead atoms. The first-order valence-electron chi connectivity index (χ1n) is 14.7. The van der Waals surface area contributed by atoms with E-state index in [0.29, 0.717) is 28.3 Å². The molecule has 2 N–H and O–H groups in total. The Labute approximate surface area is 256 Å². The largest absolute Gasteiger partial charge is 0.463 e. The lowest BCUT2D eigenvalue weighted by Crippen LogP contribution is -2.36. The Hall–Kier alpha value is -3.23. The summed E-state index contributed by atoms with van der Waals surface area (Å²) in [5.41, 5.74) is 8.11. The number of nitrogen functional groups attached to an aromatic ring is 1. The van der Waals surface area contributed by atoms with Crippen molar-refractivity contribution in [2.45, 2.75) is 70.6 Å². The molecule has 3 aromatic rings. The number of ether oxygens (including phenoxy) is 2.